The molecule has 0 N–H and O–H groups in total. The Hall–Kier alpha value is -2.19. The van der Waals surface area contributed by atoms with Crippen molar-refractivity contribution >= 4 is 46.5 Å². The van der Waals surface area contributed by atoms with Crippen LogP contribution in [0.2, 0.25) is 5.02 Å². The highest BCUT2D eigenvalue weighted by Gasteiger charge is 2.37. The summed E-state index contributed by atoms with van der Waals surface area (Å²) >= 11 is 7.21. The maximum Gasteiger partial charge on any atom is 0.294 e. The van der Waals surface area contributed by atoms with E-state index in [0.29, 0.717) is 41.8 Å². The number of hydrogen-bond acceptors (Lipinski definition) is 6. The van der Waals surface area contributed by atoms with Crippen molar-refractivity contribution in [3.05, 3.63) is 27.6 Å². The van der Waals surface area contributed by atoms with Gasteiger partial charge in [-0.1, -0.05) is 11.6 Å². The summed E-state index contributed by atoms with van der Waals surface area (Å²) in [6, 6.07) is 3.38. The van der Waals surface area contributed by atoms with E-state index in [2.05, 4.69) is 0 Å². The smallest absolute Gasteiger partial charge is 0.294 e. The van der Waals surface area contributed by atoms with Crippen molar-refractivity contribution in [1.29, 1.82) is 0 Å². The molecule has 1 aromatic carbocycles. The Kier molecular flexibility index (Phi) is 7.89. The lowest BCUT2D eigenvalue weighted by Gasteiger charge is -2.27. The first-order valence-electron chi connectivity index (χ1n) is 10.5. The fraction of sp³-hybridized carbons (Fsp3) is 0.500. The Morgan fingerprint density at radius 2 is 1.94 bits per heavy atom. The van der Waals surface area contributed by atoms with Crippen LogP contribution in [0.25, 0.3) is 6.08 Å². The van der Waals surface area contributed by atoms with Gasteiger partial charge in [-0.2, -0.15) is 0 Å². The molecule has 168 valence electrons. The highest BCUT2D eigenvalue weighted by Crippen LogP contribution is 2.39. The van der Waals surface area contributed by atoms with Crippen LogP contribution in [0.3, 0.4) is 0 Å². The van der Waals surface area contributed by atoms with Gasteiger partial charge >= 0.3 is 0 Å². The van der Waals surface area contributed by atoms with E-state index < -0.39 is 11.1 Å². The molecule has 7 nitrogen and oxygen atoms in total. The topological polar surface area (TPSA) is 76.2 Å². The summed E-state index contributed by atoms with van der Waals surface area (Å²) in [6.45, 7) is 7.17. The third-order valence-electron chi connectivity index (χ3n) is 4.86. The number of thioether (sulfide) groups is 1. The van der Waals surface area contributed by atoms with Gasteiger partial charge in [0.25, 0.3) is 11.1 Å². The number of carbonyl (C=O) groups excluding carboxylic acids is 3. The average molecular weight is 467 g/mol. The van der Waals surface area contributed by atoms with E-state index in [1.54, 1.807) is 23.1 Å². The van der Waals surface area contributed by atoms with Crippen LogP contribution in [0.1, 0.15) is 45.6 Å². The van der Waals surface area contributed by atoms with Crippen LogP contribution >= 0.6 is 23.4 Å². The summed E-state index contributed by atoms with van der Waals surface area (Å²) in [5.74, 6) is 0.238. The fourth-order valence-electron chi connectivity index (χ4n) is 3.45. The molecule has 31 heavy (non-hydrogen) atoms. The average Bonchev–Trinajstić information content (AvgIpc) is 2.98. The molecule has 0 aliphatic carbocycles. The Bertz CT molecular complexity index is 896. The van der Waals surface area contributed by atoms with Crippen LogP contribution in [0, 0.1) is 0 Å². The number of rotatable bonds is 7. The molecular formula is C22H27ClN2O5S. The molecular weight excluding hydrogens is 440 g/mol. The second-order valence-electron chi connectivity index (χ2n) is 7.64. The van der Waals surface area contributed by atoms with E-state index in [-0.39, 0.29) is 23.5 Å². The van der Waals surface area contributed by atoms with E-state index in [0.717, 1.165) is 35.9 Å². The number of ether oxygens (including phenoxy) is 2. The maximum atomic E-state index is 12.8. The summed E-state index contributed by atoms with van der Waals surface area (Å²) in [4.78, 5) is 40.7. The third kappa shape index (κ3) is 5.74. The number of amides is 3. The molecule has 1 aromatic rings. The highest BCUT2D eigenvalue weighted by molar-refractivity contribution is 8.18. The first-order chi connectivity index (χ1) is 14.8. The Labute approximate surface area is 191 Å². The Morgan fingerprint density at radius 1 is 1.23 bits per heavy atom. The second kappa shape index (κ2) is 10.4. The molecule has 2 fully saturated rings. The van der Waals surface area contributed by atoms with Crippen molar-refractivity contribution < 1.29 is 23.9 Å². The van der Waals surface area contributed by atoms with Crippen LogP contribution in [0.15, 0.2) is 17.0 Å². The van der Waals surface area contributed by atoms with Crippen LogP contribution in [-0.4, -0.2) is 59.2 Å². The zero-order valence-corrected chi connectivity index (χ0v) is 19.6. The predicted octanol–water partition coefficient (Wildman–Crippen LogP) is 4.57. The fourth-order valence-corrected chi connectivity index (χ4v) is 4.55. The van der Waals surface area contributed by atoms with Crippen molar-refractivity contribution in [3.63, 3.8) is 0 Å². The zero-order chi connectivity index (χ0) is 22.5. The molecule has 2 aliphatic heterocycles. The Morgan fingerprint density at radius 3 is 2.58 bits per heavy atom. The molecule has 2 saturated heterocycles. The normalized spacial score (nSPS) is 18.3. The molecule has 0 spiro atoms. The minimum Gasteiger partial charge on any atom is -0.490 e. The summed E-state index contributed by atoms with van der Waals surface area (Å²) in [5, 5.41) is -0.0945. The molecule has 0 radical (unpaired) electrons. The van der Waals surface area contributed by atoms with Crippen molar-refractivity contribution in [2.45, 2.75) is 46.1 Å². The number of imide groups is 1. The van der Waals surface area contributed by atoms with Gasteiger partial charge in [0.05, 0.1) is 22.6 Å². The van der Waals surface area contributed by atoms with Crippen LogP contribution < -0.4 is 9.47 Å². The van der Waals surface area contributed by atoms with Crippen molar-refractivity contribution in [3.8, 4) is 11.5 Å². The lowest BCUT2D eigenvalue weighted by atomic mass is 10.1. The molecule has 0 bridgehead atoms. The number of carbonyl (C=O) groups is 3. The summed E-state index contributed by atoms with van der Waals surface area (Å²) in [6.07, 6.45) is 4.50. The SMILES string of the molecule is CCOc1cc(/C=C2\SC(=O)N(CC(=O)N3CCCCC3)C2=O)cc(Cl)c1OC(C)C. The molecule has 0 saturated carbocycles. The van der Waals surface area contributed by atoms with Gasteiger partial charge in [0.2, 0.25) is 5.91 Å². The molecule has 0 aromatic heterocycles. The summed E-state index contributed by atoms with van der Waals surface area (Å²) in [5.41, 5.74) is 0.609. The first kappa shape index (κ1) is 23.5. The van der Waals surface area contributed by atoms with E-state index in [1.165, 1.54) is 0 Å². The molecule has 9 heteroatoms. The largest absolute Gasteiger partial charge is 0.490 e. The van der Waals surface area contributed by atoms with Crippen LogP contribution in [0.4, 0.5) is 4.79 Å². The lowest BCUT2D eigenvalue weighted by Crippen LogP contribution is -2.44. The molecule has 2 aliphatic rings. The number of hydrogen-bond donors (Lipinski definition) is 0. The summed E-state index contributed by atoms with van der Waals surface area (Å²) in [7, 11) is 0. The lowest BCUT2D eigenvalue weighted by molar-refractivity contribution is -0.136. The van der Waals surface area contributed by atoms with E-state index in [9.17, 15) is 14.4 Å². The van der Waals surface area contributed by atoms with Gasteiger partial charge in [0.15, 0.2) is 11.5 Å². The highest BCUT2D eigenvalue weighted by atomic mass is 35.5. The zero-order valence-electron chi connectivity index (χ0n) is 18.0. The molecule has 3 amide bonds. The number of piperidine rings is 1. The minimum atomic E-state index is -0.475. The van der Waals surface area contributed by atoms with Gasteiger partial charge in [0, 0.05) is 13.1 Å². The van der Waals surface area contributed by atoms with Gasteiger partial charge in [-0.3, -0.25) is 19.3 Å². The van der Waals surface area contributed by atoms with Gasteiger partial charge in [-0.15, -0.1) is 0 Å². The number of halogens is 1. The van der Waals surface area contributed by atoms with E-state index in [4.69, 9.17) is 21.1 Å². The van der Waals surface area contributed by atoms with Gasteiger partial charge in [0.1, 0.15) is 6.54 Å². The quantitative estimate of drug-likeness (QED) is 0.547. The molecule has 3 rings (SSSR count). The monoisotopic (exact) mass is 466 g/mol. The Balaban J connectivity index is 1.79. The third-order valence-corrected chi connectivity index (χ3v) is 6.05. The number of likely N-dealkylation sites (tertiary alicyclic amines) is 1. The second-order valence-corrected chi connectivity index (χ2v) is 9.04. The number of nitrogens with zero attached hydrogens (tertiary/aromatic N) is 2. The summed E-state index contributed by atoms with van der Waals surface area (Å²) < 4.78 is 11.4. The van der Waals surface area contributed by atoms with Crippen molar-refractivity contribution in [2.24, 2.45) is 0 Å². The first-order valence-corrected chi connectivity index (χ1v) is 11.7. The van der Waals surface area contributed by atoms with Gasteiger partial charge < -0.3 is 14.4 Å². The van der Waals surface area contributed by atoms with Crippen molar-refractivity contribution in [1.82, 2.24) is 9.80 Å². The standard InChI is InChI=1S/C22H27ClN2O5S/c1-4-29-17-11-15(10-16(23)20(17)30-14(2)3)12-18-21(27)25(22(28)31-18)13-19(26)24-8-6-5-7-9-24/h10-12,14H,4-9,13H2,1-3H3/b18-12-. The molecule has 2 heterocycles. The molecule has 0 atom stereocenters. The van der Waals surface area contributed by atoms with Crippen LogP contribution in [-0.2, 0) is 9.59 Å². The van der Waals surface area contributed by atoms with E-state index >= 15 is 0 Å². The van der Waals surface area contributed by atoms with Crippen LogP contribution in [0.5, 0.6) is 11.5 Å². The maximum absolute atomic E-state index is 12.8. The number of benzene rings is 1. The van der Waals surface area contributed by atoms with Crippen molar-refractivity contribution in [2.75, 3.05) is 26.2 Å². The molecule has 0 unspecified atom stereocenters. The minimum absolute atomic E-state index is 0.0866. The van der Waals surface area contributed by atoms with E-state index in [1.807, 2.05) is 20.8 Å². The van der Waals surface area contributed by atoms with Gasteiger partial charge in [-0.05, 0) is 75.6 Å². The van der Waals surface area contributed by atoms with Gasteiger partial charge in [-0.25, -0.2) is 0 Å². The predicted molar refractivity (Wildman–Crippen MR) is 121 cm³/mol.